The third-order valence-corrected chi connectivity index (χ3v) is 9.12. The summed E-state index contributed by atoms with van der Waals surface area (Å²) in [6.07, 6.45) is 3.83. The first-order chi connectivity index (χ1) is 23.8. The Kier molecular flexibility index (Phi) is 6.80. The molecule has 9 rings (SSSR count). The van der Waals surface area contributed by atoms with Crippen LogP contribution in [-0.2, 0) is 0 Å². The molecular formula is C45H29N3. The van der Waals surface area contributed by atoms with Crippen LogP contribution in [0.15, 0.2) is 176 Å². The fraction of sp³-hybridized carbons (Fsp3) is 0. The lowest BCUT2D eigenvalue weighted by Crippen LogP contribution is -1.93. The second-order valence-electron chi connectivity index (χ2n) is 12.1. The third-order valence-electron chi connectivity index (χ3n) is 9.12. The topological polar surface area (TPSA) is 38.7 Å². The van der Waals surface area contributed by atoms with E-state index in [0.717, 1.165) is 77.3 Å². The Morgan fingerprint density at radius 2 is 0.938 bits per heavy atom. The fourth-order valence-electron chi connectivity index (χ4n) is 6.73. The number of fused-ring (bicyclic) bond motifs is 5. The number of benzene rings is 6. The summed E-state index contributed by atoms with van der Waals surface area (Å²) < 4.78 is 0. The average molecular weight is 612 g/mol. The smallest absolute Gasteiger partial charge is 0.0808 e. The van der Waals surface area contributed by atoms with Crippen molar-refractivity contribution in [3.8, 4) is 55.9 Å². The molecule has 0 amide bonds. The van der Waals surface area contributed by atoms with E-state index >= 15 is 0 Å². The van der Waals surface area contributed by atoms with Crippen molar-refractivity contribution in [3.63, 3.8) is 0 Å². The Bertz CT molecular complexity index is 2520. The minimum absolute atomic E-state index is 0.891. The van der Waals surface area contributed by atoms with Crippen LogP contribution in [0.4, 0.5) is 0 Å². The van der Waals surface area contributed by atoms with Gasteiger partial charge in [-0.2, -0.15) is 0 Å². The van der Waals surface area contributed by atoms with Gasteiger partial charge in [0.05, 0.1) is 22.4 Å². The van der Waals surface area contributed by atoms with Gasteiger partial charge in [0.25, 0.3) is 0 Å². The maximum Gasteiger partial charge on any atom is 0.0808 e. The van der Waals surface area contributed by atoms with Crippen LogP contribution in [0.2, 0.25) is 0 Å². The summed E-state index contributed by atoms with van der Waals surface area (Å²) in [4.78, 5) is 15.2. The number of pyridine rings is 3. The van der Waals surface area contributed by atoms with Crippen molar-refractivity contribution in [2.75, 3.05) is 0 Å². The Morgan fingerprint density at radius 3 is 1.65 bits per heavy atom. The van der Waals surface area contributed by atoms with E-state index < -0.39 is 0 Å². The van der Waals surface area contributed by atoms with Crippen LogP contribution in [0.1, 0.15) is 0 Å². The lowest BCUT2D eigenvalue weighted by Gasteiger charge is -2.14. The minimum Gasteiger partial charge on any atom is -0.256 e. The molecule has 0 spiro atoms. The van der Waals surface area contributed by atoms with E-state index in [4.69, 9.17) is 15.0 Å². The van der Waals surface area contributed by atoms with Gasteiger partial charge >= 0.3 is 0 Å². The molecule has 3 heterocycles. The van der Waals surface area contributed by atoms with Crippen molar-refractivity contribution in [1.29, 1.82) is 0 Å². The highest BCUT2D eigenvalue weighted by molar-refractivity contribution is 6.21. The van der Waals surface area contributed by atoms with Crippen LogP contribution >= 0.6 is 0 Å². The molecule has 3 nitrogen and oxygen atoms in total. The molecule has 0 aliphatic rings. The van der Waals surface area contributed by atoms with Gasteiger partial charge in [0.15, 0.2) is 0 Å². The molecule has 224 valence electrons. The van der Waals surface area contributed by atoms with Gasteiger partial charge in [-0.15, -0.1) is 0 Å². The summed E-state index contributed by atoms with van der Waals surface area (Å²) in [6.45, 7) is 0. The molecular weight excluding hydrogens is 583 g/mol. The van der Waals surface area contributed by atoms with E-state index in [-0.39, 0.29) is 0 Å². The summed E-state index contributed by atoms with van der Waals surface area (Å²) in [6, 6.07) is 57.5. The number of nitrogens with zero attached hydrogens (tertiary/aromatic N) is 3. The van der Waals surface area contributed by atoms with Gasteiger partial charge in [-0.1, -0.05) is 133 Å². The lowest BCUT2D eigenvalue weighted by atomic mass is 9.93. The minimum atomic E-state index is 0.891. The summed E-state index contributed by atoms with van der Waals surface area (Å²) >= 11 is 0. The Labute approximate surface area is 278 Å². The molecule has 0 N–H and O–H groups in total. The maximum absolute atomic E-state index is 5.14. The monoisotopic (exact) mass is 611 g/mol. The van der Waals surface area contributed by atoms with E-state index in [1.807, 2.05) is 36.7 Å². The molecule has 48 heavy (non-hydrogen) atoms. The predicted molar refractivity (Wildman–Crippen MR) is 200 cm³/mol. The molecule has 0 aliphatic carbocycles. The van der Waals surface area contributed by atoms with E-state index in [1.165, 1.54) is 11.1 Å². The quantitative estimate of drug-likeness (QED) is 0.182. The summed E-state index contributed by atoms with van der Waals surface area (Å²) in [5.41, 5.74) is 12.8. The summed E-state index contributed by atoms with van der Waals surface area (Å²) in [7, 11) is 0. The number of hydrogen-bond donors (Lipinski definition) is 0. The van der Waals surface area contributed by atoms with Crippen molar-refractivity contribution in [2.24, 2.45) is 0 Å². The first-order valence-corrected chi connectivity index (χ1v) is 16.2. The van der Waals surface area contributed by atoms with Crippen LogP contribution in [0, 0.1) is 0 Å². The van der Waals surface area contributed by atoms with Crippen LogP contribution in [0.25, 0.3) is 88.5 Å². The van der Waals surface area contributed by atoms with Crippen LogP contribution < -0.4 is 0 Å². The zero-order chi connectivity index (χ0) is 31.9. The van der Waals surface area contributed by atoms with Gasteiger partial charge in [-0.25, -0.2) is 4.98 Å². The van der Waals surface area contributed by atoms with Crippen molar-refractivity contribution < 1.29 is 0 Å². The zero-order valence-electron chi connectivity index (χ0n) is 26.1. The van der Waals surface area contributed by atoms with Gasteiger partial charge in [0.2, 0.25) is 0 Å². The normalized spacial score (nSPS) is 11.3. The van der Waals surface area contributed by atoms with Crippen LogP contribution in [-0.4, -0.2) is 15.0 Å². The van der Waals surface area contributed by atoms with Crippen LogP contribution in [0.5, 0.6) is 0 Å². The molecule has 0 saturated heterocycles. The van der Waals surface area contributed by atoms with Gasteiger partial charge in [0, 0.05) is 39.7 Å². The van der Waals surface area contributed by atoms with Crippen LogP contribution in [0.3, 0.4) is 0 Å². The number of aromatic nitrogens is 3. The van der Waals surface area contributed by atoms with E-state index in [2.05, 4.69) is 140 Å². The number of rotatable bonds is 5. The Morgan fingerprint density at radius 1 is 0.354 bits per heavy atom. The van der Waals surface area contributed by atoms with E-state index in [1.54, 1.807) is 0 Å². The SMILES string of the molecule is c1ccc(-c2ccc(-c3cc4ccc5cc(-c6cc(-c7ccccc7)cc(-c7ccccc7)n6)cnc5c4c4ncccc34)cc2)cc1. The molecule has 0 atom stereocenters. The lowest BCUT2D eigenvalue weighted by molar-refractivity contribution is 1.31. The van der Waals surface area contributed by atoms with Gasteiger partial charge in [-0.05, 0) is 69.1 Å². The first-order valence-electron chi connectivity index (χ1n) is 16.2. The fourth-order valence-corrected chi connectivity index (χ4v) is 6.73. The molecule has 9 aromatic rings. The van der Waals surface area contributed by atoms with Gasteiger partial charge in [-0.3, -0.25) is 9.97 Å². The second kappa shape index (κ2) is 11.7. The van der Waals surface area contributed by atoms with Crippen molar-refractivity contribution >= 4 is 32.6 Å². The zero-order valence-corrected chi connectivity index (χ0v) is 26.1. The highest BCUT2D eigenvalue weighted by Gasteiger charge is 2.15. The third kappa shape index (κ3) is 4.99. The summed E-state index contributed by atoms with van der Waals surface area (Å²) in [5.74, 6) is 0. The van der Waals surface area contributed by atoms with E-state index in [0.29, 0.717) is 0 Å². The highest BCUT2D eigenvalue weighted by Crippen LogP contribution is 2.38. The Balaban J connectivity index is 1.18. The van der Waals surface area contributed by atoms with Crippen molar-refractivity contribution in [2.45, 2.75) is 0 Å². The molecule has 0 fully saturated rings. The van der Waals surface area contributed by atoms with Gasteiger partial charge in [0.1, 0.15) is 0 Å². The van der Waals surface area contributed by atoms with Crippen molar-refractivity contribution in [1.82, 2.24) is 15.0 Å². The van der Waals surface area contributed by atoms with Gasteiger partial charge < -0.3 is 0 Å². The molecule has 0 radical (unpaired) electrons. The first kappa shape index (κ1) is 27.8. The Hall–Kier alpha value is -6.45. The molecule has 0 unspecified atom stereocenters. The standard InChI is InChI=1S/C45H29N3/c1-4-11-30(12-5-1)32-18-20-33(21-19-32)40-26-35-22-23-36-25-38(29-47-44(36)43(35)45-39(40)17-10-24-46-45)42-28-37(31-13-6-2-7-14-31)27-41(48-42)34-15-8-3-9-16-34/h1-29H. The summed E-state index contributed by atoms with van der Waals surface area (Å²) in [5, 5.41) is 4.35. The van der Waals surface area contributed by atoms with Crippen molar-refractivity contribution in [3.05, 3.63) is 176 Å². The number of hydrogen-bond acceptors (Lipinski definition) is 3. The molecule has 3 aromatic heterocycles. The molecule has 0 bridgehead atoms. The second-order valence-corrected chi connectivity index (χ2v) is 12.1. The maximum atomic E-state index is 5.14. The molecule has 6 aromatic carbocycles. The average Bonchev–Trinajstić information content (AvgIpc) is 3.18. The largest absolute Gasteiger partial charge is 0.256 e. The molecule has 0 saturated carbocycles. The molecule has 0 aliphatic heterocycles. The predicted octanol–water partition coefficient (Wildman–Crippen LogP) is 11.7. The van der Waals surface area contributed by atoms with E-state index in [9.17, 15) is 0 Å². The highest BCUT2D eigenvalue weighted by atomic mass is 14.7. The molecule has 3 heteroatoms.